The molecule has 2 unspecified atom stereocenters. The first kappa shape index (κ1) is 19.0. The number of imide groups is 1. The van der Waals surface area contributed by atoms with Crippen LogP contribution >= 0.6 is 11.8 Å². The molecule has 0 bridgehead atoms. The van der Waals surface area contributed by atoms with Gasteiger partial charge in [-0.15, -0.1) is 10.2 Å². The van der Waals surface area contributed by atoms with Crippen LogP contribution in [-0.4, -0.2) is 33.9 Å². The van der Waals surface area contributed by atoms with Gasteiger partial charge in [-0.25, -0.2) is 4.79 Å². The van der Waals surface area contributed by atoms with Crippen LogP contribution < -0.4 is 10.6 Å². The average Bonchev–Trinajstić information content (AvgIpc) is 3.02. The molecule has 0 spiro atoms. The van der Waals surface area contributed by atoms with E-state index in [0.29, 0.717) is 24.1 Å². The van der Waals surface area contributed by atoms with Crippen molar-refractivity contribution < 1.29 is 14.0 Å². The van der Waals surface area contributed by atoms with Crippen LogP contribution in [0.1, 0.15) is 38.1 Å². The topological polar surface area (TPSA) is 97.1 Å². The summed E-state index contributed by atoms with van der Waals surface area (Å²) in [6, 6.07) is 9.58. The van der Waals surface area contributed by atoms with Crippen molar-refractivity contribution in [3.63, 3.8) is 0 Å². The Kier molecular flexibility index (Phi) is 7.00. The molecule has 1 heterocycles. The van der Waals surface area contributed by atoms with Crippen LogP contribution in [0.4, 0.5) is 4.79 Å². The van der Waals surface area contributed by atoms with Crippen molar-refractivity contribution in [2.24, 2.45) is 0 Å². The number of hydrogen-bond donors (Lipinski definition) is 2. The molecule has 0 saturated carbocycles. The Hall–Kier alpha value is -2.35. The minimum Gasteiger partial charge on any atom is -0.416 e. The third-order valence-corrected chi connectivity index (χ3v) is 4.45. The second-order valence-electron chi connectivity index (χ2n) is 5.59. The molecule has 3 amide bonds. The van der Waals surface area contributed by atoms with E-state index in [-0.39, 0.29) is 5.92 Å². The highest BCUT2D eigenvalue weighted by Crippen LogP contribution is 2.24. The molecular weight excluding hydrogens is 340 g/mol. The largest absolute Gasteiger partial charge is 0.416 e. The molecule has 7 nitrogen and oxygen atoms in total. The zero-order chi connectivity index (χ0) is 18.2. The van der Waals surface area contributed by atoms with Gasteiger partial charge in [0.2, 0.25) is 11.8 Å². The van der Waals surface area contributed by atoms with Crippen molar-refractivity contribution in [3.05, 3.63) is 41.8 Å². The Bertz CT molecular complexity index is 705. The summed E-state index contributed by atoms with van der Waals surface area (Å²) >= 11 is 1.12. The highest BCUT2D eigenvalue weighted by molar-refractivity contribution is 8.00. The number of carbonyl (C=O) groups is 2. The van der Waals surface area contributed by atoms with E-state index in [9.17, 15) is 9.59 Å². The van der Waals surface area contributed by atoms with Crippen molar-refractivity contribution in [2.75, 3.05) is 6.54 Å². The number of urea groups is 1. The van der Waals surface area contributed by atoms with Gasteiger partial charge in [-0.2, -0.15) is 0 Å². The Balaban J connectivity index is 1.88. The number of thioether (sulfide) groups is 1. The second kappa shape index (κ2) is 9.22. The molecule has 0 saturated heterocycles. The number of nitrogens with zero attached hydrogens (tertiary/aromatic N) is 2. The van der Waals surface area contributed by atoms with Crippen LogP contribution in [0.5, 0.6) is 0 Å². The molecule has 2 N–H and O–H groups in total. The Morgan fingerprint density at radius 3 is 2.60 bits per heavy atom. The first-order chi connectivity index (χ1) is 12.0. The minimum absolute atomic E-state index is 0.248. The van der Waals surface area contributed by atoms with Crippen molar-refractivity contribution in [1.29, 1.82) is 0 Å². The van der Waals surface area contributed by atoms with Crippen LogP contribution in [0, 0.1) is 0 Å². The first-order valence-corrected chi connectivity index (χ1v) is 9.00. The molecule has 1 aromatic heterocycles. The first-order valence-electron chi connectivity index (χ1n) is 8.12. The van der Waals surface area contributed by atoms with E-state index in [0.717, 1.165) is 11.8 Å². The smallest absolute Gasteiger partial charge is 0.321 e. The molecular formula is C17H22N4O3S. The lowest BCUT2D eigenvalue weighted by atomic mass is 9.98. The van der Waals surface area contributed by atoms with Crippen LogP contribution in [-0.2, 0) is 11.2 Å². The SMILES string of the molecule is CCNC(=O)NC(=O)C(C)Sc1nnc(CC(C)c2ccccc2)o1. The van der Waals surface area contributed by atoms with E-state index in [4.69, 9.17) is 4.42 Å². The van der Waals surface area contributed by atoms with Gasteiger partial charge in [-0.3, -0.25) is 10.1 Å². The van der Waals surface area contributed by atoms with Crippen molar-refractivity contribution in [2.45, 2.75) is 43.6 Å². The van der Waals surface area contributed by atoms with Crippen molar-refractivity contribution in [3.8, 4) is 0 Å². The summed E-state index contributed by atoms with van der Waals surface area (Å²) in [5.41, 5.74) is 1.20. The minimum atomic E-state index is -0.526. The monoisotopic (exact) mass is 362 g/mol. The molecule has 0 aliphatic heterocycles. The number of benzene rings is 1. The van der Waals surface area contributed by atoms with Crippen molar-refractivity contribution in [1.82, 2.24) is 20.8 Å². The predicted molar refractivity (Wildman–Crippen MR) is 95.4 cm³/mol. The van der Waals surface area contributed by atoms with Gasteiger partial charge in [0, 0.05) is 13.0 Å². The highest BCUT2D eigenvalue weighted by atomic mass is 32.2. The van der Waals surface area contributed by atoms with Gasteiger partial charge < -0.3 is 9.73 Å². The fourth-order valence-electron chi connectivity index (χ4n) is 2.15. The number of amides is 3. The van der Waals surface area contributed by atoms with Crippen LogP contribution in [0.25, 0.3) is 0 Å². The second-order valence-corrected chi connectivity index (χ2v) is 6.88. The fraction of sp³-hybridized carbons (Fsp3) is 0.412. The van der Waals surface area contributed by atoms with Gasteiger partial charge in [0.15, 0.2) is 0 Å². The van der Waals surface area contributed by atoms with Crippen LogP contribution in [0.3, 0.4) is 0 Å². The van der Waals surface area contributed by atoms with E-state index in [1.807, 2.05) is 18.2 Å². The van der Waals surface area contributed by atoms with E-state index < -0.39 is 17.2 Å². The van der Waals surface area contributed by atoms with Gasteiger partial charge in [0.1, 0.15) is 0 Å². The Morgan fingerprint density at radius 1 is 1.20 bits per heavy atom. The lowest BCUT2D eigenvalue weighted by molar-refractivity contribution is -0.119. The summed E-state index contributed by atoms with van der Waals surface area (Å²) in [6.07, 6.45) is 0.622. The maximum Gasteiger partial charge on any atom is 0.321 e. The molecule has 134 valence electrons. The molecule has 8 heteroatoms. The van der Waals surface area contributed by atoms with Crippen LogP contribution in [0.2, 0.25) is 0 Å². The summed E-state index contributed by atoms with van der Waals surface area (Å²) in [7, 11) is 0. The number of nitrogens with one attached hydrogen (secondary N) is 2. The summed E-state index contributed by atoms with van der Waals surface area (Å²) in [5.74, 6) is 0.363. The Morgan fingerprint density at radius 2 is 1.92 bits per heavy atom. The highest BCUT2D eigenvalue weighted by Gasteiger charge is 2.20. The summed E-state index contributed by atoms with van der Waals surface area (Å²) in [5, 5.41) is 12.6. The average molecular weight is 362 g/mol. The molecule has 0 aliphatic rings. The molecule has 0 radical (unpaired) electrons. The van der Waals surface area contributed by atoms with Gasteiger partial charge in [0.05, 0.1) is 5.25 Å². The fourth-order valence-corrected chi connectivity index (χ4v) is 2.85. The van der Waals surface area contributed by atoms with E-state index in [2.05, 4.69) is 39.9 Å². The normalized spacial score (nSPS) is 13.1. The summed E-state index contributed by atoms with van der Waals surface area (Å²) in [4.78, 5) is 23.3. The number of aromatic nitrogens is 2. The van der Waals surface area contributed by atoms with Gasteiger partial charge in [-0.1, -0.05) is 49.0 Å². The summed E-state index contributed by atoms with van der Waals surface area (Å²) in [6.45, 7) is 6.00. The molecule has 1 aromatic carbocycles. The Labute approximate surface area is 151 Å². The van der Waals surface area contributed by atoms with E-state index in [1.54, 1.807) is 13.8 Å². The quantitative estimate of drug-likeness (QED) is 0.735. The third kappa shape index (κ3) is 5.90. The lowest BCUT2D eigenvalue weighted by Gasteiger charge is -2.09. The molecule has 0 fully saturated rings. The standard InChI is InChI=1S/C17H22N4O3S/c1-4-18-16(23)19-15(22)12(3)25-17-21-20-14(24-17)10-11(2)13-8-6-5-7-9-13/h5-9,11-12H,4,10H2,1-3H3,(H2,18,19,22,23). The number of rotatable bonds is 7. The number of hydrogen-bond acceptors (Lipinski definition) is 6. The van der Waals surface area contributed by atoms with E-state index >= 15 is 0 Å². The third-order valence-electron chi connectivity index (χ3n) is 3.52. The zero-order valence-electron chi connectivity index (χ0n) is 14.5. The van der Waals surface area contributed by atoms with Gasteiger partial charge in [-0.05, 0) is 25.3 Å². The lowest BCUT2D eigenvalue weighted by Crippen LogP contribution is -2.42. The van der Waals surface area contributed by atoms with Gasteiger partial charge in [0.25, 0.3) is 5.22 Å². The number of carbonyl (C=O) groups excluding carboxylic acids is 2. The van der Waals surface area contributed by atoms with Gasteiger partial charge >= 0.3 is 6.03 Å². The molecule has 2 aromatic rings. The maximum atomic E-state index is 11.9. The van der Waals surface area contributed by atoms with E-state index in [1.165, 1.54) is 5.56 Å². The molecule has 0 aliphatic carbocycles. The summed E-state index contributed by atoms with van der Waals surface area (Å²) < 4.78 is 5.61. The maximum absolute atomic E-state index is 11.9. The molecule has 25 heavy (non-hydrogen) atoms. The van der Waals surface area contributed by atoms with Crippen LogP contribution in [0.15, 0.2) is 40.0 Å². The molecule has 2 rings (SSSR count). The molecule has 2 atom stereocenters. The zero-order valence-corrected chi connectivity index (χ0v) is 15.3. The predicted octanol–water partition coefficient (Wildman–Crippen LogP) is 2.74. The van der Waals surface area contributed by atoms with Crippen molar-refractivity contribution >= 4 is 23.7 Å².